The van der Waals surface area contributed by atoms with Gasteiger partial charge in [0.2, 0.25) is 0 Å². The molecule has 0 aliphatic carbocycles. The number of hydrogen-bond acceptors (Lipinski definition) is 1. The maximum atomic E-state index is 3.57. The van der Waals surface area contributed by atoms with E-state index in [-0.39, 0.29) is 0 Å². The Morgan fingerprint density at radius 1 is 0.469 bits per heavy atom. The average molecular weight is 411 g/mol. The largest absolute Gasteiger partial charge is 0.355 e. The van der Waals surface area contributed by atoms with E-state index in [4.69, 9.17) is 0 Å². The van der Waals surface area contributed by atoms with Crippen LogP contribution in [0.2, 0.25) is 0 Å². The van der Waals surface area contributed by atoms with Gasteiger partial charge in [-0.2, -0.15) is 0 Å². The van der Waals surface area contributed by atoms with Crippen molar-refractivity contribution in [2.75, 3.05) is 5.32 Å². The summed E-state index contributed by atoms with van der Waals surface area (Å²) in [6.07, 6.45) is 0. The van der Waals surface area contributed by atoms with Gasteiger partial charge in [-0.15, -0.1) is 0 Å². The van der Waals surface area contributed by atoms with Gasteiger partial charge >= 0.3 is 0 Å². The van der Waals surface area contributed by atoms with Crippen molar-refractivity contribution in [3.63, 3.8) is 0 Å². The lowest BCUT2D eigenvalue weighted by molar-refractivity contribution is 1.53. The van der Waals surface area contributed by atoms with Crippen molar-refractivity contribution in [3.8, 4) is 22.3 Å². The highest BCUT2D eigenvalue weighted by atomic mass is 14.9. The minimum atomic E-state index is 1.08. The van der Waals surface area contributed by atoms with Crippen LogP contribution in [0.1, 0.15) is 0 Å². The number of H-pyrrole nitrogens is 1. The van der Waals surface area contributed by atoms with Gasteiger partial charge in [0.1, 0.15) is 0 Å². The smallest absolute Gasteiger partial charge is 0.0465 e. The maximum Gasteiger partial charge on any atom is 0.0465 e. The molecule has 0 unspecified atom stereocenters. The molecule has 0 saturated carbocycles. The van der Waals surface area contributed by atoms with Crippen LogP contribution in [0.4, 0.5) is 11.4 Å². The van der Waals surface area contributed by atoms with Crippen LogP contribution in [0.3, 0.4) is 0 Å². The molecule has 2 N–H and O–H groups in total. The first-order valence-electron chi connectivity index (χ1n) is 10.9. The predicted octanol–water partition coefficient (Wildman–Crippen LogP) is 8.40. The summed E-state index contributed by atoms with van der Waals surface area (Å²) in [5.74, 6) is 0. The Morgan fingerprint density at radius 3 is 2.12 bits per heavy atom. The van der Waals surface area contributed by atoms with E-state index in [9.17, 15) is 0 Å². The first kappa shape index (κ1) is 18.5. The second-order valence-corrected chi connectivity index (χ2v) is 8.05. The van der Waals surface area contributed by atoms with Gasteiger partial charge in [0.15, 0.2) is 0 Å². The van der Waals surface area contributed by atoms with E-state index in [0.29, 0.717) is 0 Å². The molecule has 0 saturated heterocycles. The Morgan fingerprint density at radius 2 is 1.19 bits per heavy atom. The molecular weight excluding hydrogens is 388 g/mol. The Balaban J connectivity index is 1.42. The zero-order valence-electron chi connectivity index (χ0n) is 17.5. The molecule has 32 heavy (non-hydrogen) atoms. The topological polar surface area (TPSA) is 27.8 Å². The van der Waals surface area contributed by atoms with Crippen LogP contribution in [-0.4, -0.2) is 4.98 Å². The summed E-state index contributed by atoms with van der Waals surface area (Å²) < 4.78 is 0. The summed E-state index contributed by atoms with van der Waals surface area (Å²) >= 11 is 0. The molecule has 5 aromatic carbocycles. The molecule has 0 fully saturated rings. The number of para-hydroxylation sites is 3. The van der Waals surface area contributed by atoms with Gasteiger partial charge in [-0.3, -0.25) is 0 Å². The number of aromatic nitrogens is 1. The van der Waals surface area contributed by atoms with Crippen molar-refractivity contribution >= 4 is 33.2 Å². The predicted molar refractivity (Wildman–Crippen MR) is 136 cm³/mol. The van der Waals surface area contributed by atoms with E-state index in [2.05, 4.69) is 113 Å². The van der Waals surface area contributed by atoms with Crippen LogP contribution in [0.25, 0.3) is 44.1 Å². The van der Waals surface area contributed by atoms with E-state index >= 15 is 0 Å². The third-order valence-corrected chi connectivity index (χ3v) is 5.99. The van der Waals surface area contributed by atoms with Gasteiger partial charge in [0.25, 0.3) is 0 Å². The standard InChI is InChI=1S/C30H22N2/c1-2-11-24(12-3-1)31-28-15-6-4-13-25(28)23-10-8-9-21(19-23)22-17-18-30-27(20-22)26-14-5-7-16-29(26)32-30/h1-20,31-32H. The molecule has 0 atom stereocenters. The Bertz CT molecular complexity index is 1540. The zero-order chi connectivity index (χ0) is 21.3. The van der Waals surface area contributed by atoms with E-state index in [1.165, 1.54) is 44.1 Å². The first-order chi connectivity index (χ1) is 15.8. The molecule has 0 radical (unpaired) electrons. The first-order valence-corrected chi connectivity index (χ1v) is 10.9. The normalized spacial score (nSPS) is 11.1. The molecule has 6 rings (SSSR count). The summed E-state index contributed by atoms with van der Waals surface area (Å²) in [7, 11) is 0. The SMILES string of the molecule is c1ccc(Nc2ccccc2-c2cccc(-c3ccc4[nH]c5ccccc5c4c3)c2)cc1. The van der Waals surface area contributed by atoms with Crippen molar-refractivity contribution in [1.82, 2.24) is 4.98 Å². The van der Waals surface area contributed by atoms with Gasteiger partial charge in [0, 0.05) is 38.7 Å². The summed E-state index contributed by atoms with van der Waals surface area (Å²) in [4.78, 5) is 3.52. The van der Waals surface area contributed by atoms with Gasteiger partial charge in [-0.25, -0.2) is 0 Å². The number of rotatable bonds is 4. The van der Waals surface area contributed by atoms with E-state index in [1.807, 2.05) is 18.2 Å². The third-order valence-electron chi connectivity index (χ3n) is 5.99. The molecule has 0 aliphatic heterocycles. The molecule has 152 valence electrons. The van der Waals surface area contributed by atoms with E-state index in [0.717, 1.165) is 11.4 Å². The van der Waals surface area contributed by atoms with Crippen LogP contribution < -0.4 is 5.32 Å². The lowest BCUT2D eigenvalue weighted by Crippen LogP contribution is -1.93. The summed E-state index contributed by atoms with van der Waals surface area (Å²) in [5.41, 5.74) is 9.34. The molecule has 0 aliphatic rings. The van der Waals surface area contributed by atoms with Crippen molar-refractivity contribution < 1.29 is 0 Å². The number of hydrogen-bond donors (Lipinski definition) is 2. The second-order valence-electron chi connectivity index (χ2n) is 8.05. The number of benzene rings is 5. The fourth-order valence-corrected chi connectivity index (χ4v) is 4.41. The Hall–Kier alpha value is -4.30. The highest BCUT2D eigenvalue weighted by Crippen LogP contribution is 2.34. The van der Waals surface area contributed by atoms with Crippen molar-refractivity contribution in [3.05, 3.63) is 121 Å². The van der Waals surface area contributed by atoms with Gasteiger partial charge < -0.3 is 10.3 Å². The van der Waals surface area contributed by atoms with Gasteiger partial charge in [-0.1, -0.05) is 78.9 Å². The number of anilines is 2. The van der Waals surface area contributed by atoms with Gasteiger partial charge in [-0.05, 0) is 59.2 Å². The summed E-state index contributed by atoms with van der Waals surface area (Å²) in [6, 6.07) is 42.7. The molecule has 0 amide bonds. The van der Waals surface area contributed by atoms with Crippen molar-refractivity contribution in [1.29, 1.82) is 0 Å². The van der Waals surface area contributed by atoms with Crippen molar-refractivity contribution in [2.24, 2.45) is 0 Å². The third kappa shape index (κ3) is 3.32. The molecule has 2 nitrogen and oxygen atoms in total. The monoisotopic (exact) mass is 410 g/mol. The number of aromatic amines is 1. The lowest BCUT2D eigenvalue weighted by atomic mass is 9.97. The minimum Gasteiger partial charge on any atom is -0.355 e. The van der Waals surface area contributed by atoms with Crippen LogP contribution in [0.15, 0.2) is 121 Å². The fourth-order valence-electron chi connectivity index (χ4n) is 4.41. The Kier molecular flexibility index (Phi) is 4.47. The van der Waals surface area contributed by atoms with Crippen LogP contribution in [0, 0.1) is 0 Å². The molecule has 0 bridgehead atoms. The number of fused-ring (bicyclic) bond motifs is 3. The average Bonchev–Trinajstić information content (AvgIpc) is 3.23. The lowest BCUT2D eigenvalue weighted by Gasteiger charge is -2.13. The summed E-state index contributed by atoms with van der Waals surface area (Å²) in [6.45, 7) is 0. The highest BCUT2D eigenvalue weighted by Gasteiger charge is 2.09. The van der Waals surface area contributed by atoms with E-state index < -0.39 is 0 Å². The van der Waals surface area contributed by atoms with Crippen molar-refractivity contribution in [2.45, 2.75) is 0 Å². The van der Waals surface area contributed by atoms with Crippen LogP contribution >= 0.6 is 0 Å². The number of nitrogens with one attached hydrogen (secondary N) is 2. The molecule has 0 spiro atoms. The Labute approximate surface area is 187 Å². The molecule has 1 aromatic heterocycles. The minimum absolute atomic E-state index is 1.08. The van der Waals surface area contributed by atoms with Crippen LogP contribution in [0.5, 0.6) is 0 Å². The summed E-state index contributed by atoms with van der Waals surface area (Å²) in [5, 5.41) is 6.09. The highest BCUT2D eigenvalue weighted by molar-refractivity contribution is 6.08. The molecule has 1 heterocycles. The van der Waals surface area contributed by atoms with E-state index in [1.54, 1.807) is 0 Å². The zero-order valence-corrected chi connectivity index (χ0v) is 17.5. The maximum absolute atomic E-state index is 3.57. The molecule has 2 heteroatoms. The second kappa shape index (κ2) is 7.75. The molecular formula is C30H22N2. The molecule has 6 aromatic rings. The quantitative estimate of drug-likeness (QED) is 0.300. The van der Waals surface area contributed by atoms with Gasteiger partial charge in [0.05, 0.1) is 0 Å². The fraction of sp³-hybridized carbons (Fsp3) is 0. The van der Waals surface area contributed by atoms with Crippen LogP contribution in [-0.2, 0) is 0 Å².